The van der Waals surface area contributed by atoms with E-state index in [2.05, 4.69) is 36.0 Å². The highest BCUT2D eigenvalue weighted by molar-refractivity contribution is 7.99. The van der Waals surface area contributed by atoms with Gasteiger partial charge in [0.15, 0.2) is 0 Å². The topological polar surface area (TPSA) is 37.2 Å². The van der Waals surface area contributed by atoms with Gasteiger partial charge in [-0.15, -0.1) is 11.8 Å². The molecule has 25 heavy (non-hydrogen) atoms. The number of nitrogens with zero attached hydrogens (tertiary/aromatic N) is 3. The van der Waals surface area contributed by atoms with E-state index in [0.717, 1.165) is 29.0 Å². The van der Waals surface area contributed by atoms with E-state index < -0.39 is 0 Å². The zero-order valence-electron chi connectivity index (χ0n) is 15.7. The lowest BCUT2D eigenvalue weighted by atomic mass is 9.79. The van der Waals surface area contributed by atoms with Crippen molar-refractivity contribution >= 4 is 29.1 Å². The molecule has 1 aliphatic carbocycles. The molecule has 0 radical (unpaired) electrons. The predicted molar refractivity (Wildman–Crippen MR) is 109 cm³/mol. The first-order chi connectivity index (χ1) is 12.1. The molecule has 0 aromatic heterocycles. The zero-order chi connectivity index (χ0) is 17.8. The molecule has 1 aromatic carbocycles. The number of thioether (sulfide) groups is 1. The summed E-state index contributed by atoms with van der Waals surface area (Å²) in [4.78, 5) is 11.8. The van der Waals surface area contributed by atoms with E-state index in [1.807, 2.05) is 30.8 Å². The Balaban J connectivity index is 1.92. The minimum Gasteiger partial charge on any atom is -0.497 e. The highest BCUT2D eigenvalue weighted by Gasteiger charge is 2.34. The third-order valence-electron chi connectivity index (χ3n) is 5.46. The molecule has 1 aromatic rings. The highest BCUT2D eigenvalue weighted by Crippen LogP contribution is 2.39. The van der Waals surface area contributed by atoms with Crippen LogP contribution in [0.15, 0.2) is 34.3 Å². The number of amidine groups is 2. The van der Waals surface area contributed by atoms with Gasteiger partial charge in [-0.3, -0.25) is 4.99 Å². The summed E-state index contributed by atoms with van der Waals surface area (Å²) in [6, 6.07) is 8.21. The third-order valence-corrected chi connectivity index (χ3v) is 6.76. The van der Waals surface area contributed by atoms with Gasteiger partial charge in [0.05, 0.1) is 13.0 Å². The molecule has 1 aliphatic heterocycles. The van der Waals surface area contributed by atoms with Crippen LogP contribution in [0, 0.1) is 11.8 Å². The van der Waals surface area contributed by atoms with Crippen LogP contribution in [0.25, 0.3) is 0 Å². The predicted octanol–water partition coefficient (Wildman–Crippen LogP) is 4.85. The summed E-state index contributed by atoms with van der Waals surface area (Å²) in [6.45, 7) is 4.37. The number of methoxy groups -OCH3 is 1. The van der Waals surface area contributed by atoms with E-state index >= 15 is 0 Å². The van der Waals surface area contributed by atoms with E-state index in [1.54, 1.807) is 7.11 Å². The van der Waals surface area contributed by atoms with E-state index in [-0.39, 0.29) is 0 Å². The van der Waals surface area contributed by atoms with Crippen molar-refractivity contribution in [3.05, 3.63) is 24.3 Å². The molecular weight excluding hydrogens is 330 g/mol. The van der Waals surface area contributed by atoms with Gasteiger partial charge in [0, 0.05) is 23.9 Å². The molecule has 0 spiro atoms. The number of fused-ring (bicyclic) bond motifs is 1. The highest BCUT2D eigenvalue weighted by atomic mass is 32.2. The Kier molecular flexibility index (Phi) is 6.05. The maximum Gasteiger partial charge on any atom is 0.123 e. The number of ether oxygens (including phenoxy) is 1. The number of aliphatic imine (C=N–C) groups is 2. The number of anilines is 1. The summed E-state index contributed by atoms with van der Waals surface area (Å²) >= 11 is 2.02. The molecule has 2 aliphatic rings. The second-order valence-corrected chi connectivity index (χ2v) is 8.20. The Labute approximate surface area is 155 Å². The molecular formula is C20H29N3OS. The van der Waals surface area contributed by atoms with Gasteiger partial charge >= 0.3 is 0 Å². The van der Waals surface area contributed by atoms with Crippen molar-refractivity contribution in [3.8, 4) is 5.75 Å². The quantitative estimate of drug-likeness (QED) is 0.757. The molecule has 1 fully saturated rings. The lowest BCUT2D eigenvalue weighted by Crippen LogP contribution is -2.40. The van der Waals surface area contributed by atoms with Crippen LogP contribution in [-0.2, 0) is 0 Å². The lowest BCUT2D eigenvalue weighted by Gasteiger charge is -2.37. The van der Waals surface area contributed by atoms with Crippen LogP contribution in [0.1, 0.15) is 39.5 Å². The van der Waals surface area contributed by atoms with Crippen molar-refractivity contribution in [1.29, 1.82) is 0 Å². The van der Waals surface area contributed by atoms with E-state index in [4.69, 9.17) is 9.73 Å². The molecule has 0 saturated heterocycles. The van der Waals surface area contributed by atoms with Crippen molar-refractivity contribution in [1.82, 2.24) is 0 Å². The van der Waals surface area contributed by atoms with Crippen LogP contribution in [-0.4, -0.2) is 37.0 Å². The van der Waals surface area contributed by atoms with Gasteiger partial charge in [-0.05, 0) is 49.9 Å². The molecule has 5 heteroatoms. The molecule has 1 saturated carbocycles. The zero-order valence-corrected chi connectivity index (χ0v) is 16.6. The van der Waals surface area contributed by atoms with Crippen molar-refractivity contribution in [2.45, 2.75) is 44.8 Å². The fourth-order valence-electron chi connectivity index (χ4n) is 3.94. The van der Waals surface area contributed by atoms with E-state index in [9.17, 15) is 0 Å². The maximum atomic E-state index is 5.29. The molecule has 0 bridgehead atoms. The summed E-state index contributed by atoms with van der Waals surface area (Å²) in [5.41, 5.74) is 1.14. The minimum absolute atomic E-state index is 0.424. The second-order valence-electron chi connectivity index (χ2n) is 7.00. The van der Waals surface area contributed by atoms with Crippen molar-refractivity contribution in [2.24, 2.45) is 21.8 Å². The molecule has 3 unspecified atom stereocenters. The van der Waals surface area contributed by atoms with Crippen molar-refractivity contribution in [2.75, 3.05) is 24.9 Å². The Bertz CT molecular complexity index is 641. The van der Waals surface area contributed by atoms with E-state index in [0.29, 0.717) is 17.1 Å². The van der Waals surface area contributed by atoms with Crippen LogP contribution in [0.3, 0.4) is 0 Å². The van der Waals surface area contributed by atoms with Crippen LogP contribution in [0.2, 0.25) is 0 Å². The fraction of sp³-hybridized carbons (Fsp3) is 0.600. The largest absolute Gasteiger partial charge is 0.497 e. The Hall–Kier alpha value is -1.49. The van der Waals surface area contributed by atoms with Gasteiger partial charge in [0.2, 0.25) is 0 Å². The number of hydrogen-bond acceptors (Lipinski definition) is 5. The number of hydrogen-bond donors (Lipinski definition) is 0. The minimum atomic E-state index is 0.424. The van der Waals surface area contributed by atoms with Gasteiger partial charge in [-0.2, -0.15) is 0 Å². The average molecular weight is 360 g/mol. The standard InChI is InChI=1S/C20H29N3OS/c1-14-18-7-5-6-8-19(18)25-13-21-15(2)22-20(14)23(3)16-9-11-17(24-4)12-10-16/h9-12,14,18-19H,5-8,13H2,1-4H3/b21-15-,22-20?. The first-order valence-corrected chi connectivity index (χ1v) is 10.2. The summed E-state index contributed by atoms with van der Waals surface area (Å²) in [5, 5.41) is 0.702. The number of rotatable bonds is 2. The first kappa shape index (κ1) is 18.3. The third kappa shape index (κ3) is 4.20. The Morgan fingerprint density at radius 2 is 1.88 bits per heavy atom. The van der Waals surface area contributed by atoms with E-state index in [1.165, 1.54) is 25.7 Å². The molecule has 136 valence electrons. The van der Waals surface area contributed by atoms with Crippen LogP contribution < -0.4 is 9.64 Å². The maximum absolute atomic E-state index is 5.29. The number of benzene rings is 1. The van der Waals surface area contributed by atoms with Gasteiger partial charge in [0.1, 0.15) is 17.4 Å². The normalized spacial score (nSPS) is 29.2. The molecule has 4 nitrogen and oxygen atoms in total. The Morgan fingerprint density at radius 3 is 2.60 bits per heavy atom. The SMILES string of the molecule is COc1ccc(N(C)C2=N/C(C)=N\CSC3CCCCC3C2C)cc1. The Morgan fingerprint density at radius 1 is 1.16 bits per heavy atom. The fourth-order valence-corrected chi connectivity index (χ4v) is 5.35. The van der Waals surface area contributed by atoms with Gasteiger partial charge in [-0.25, -0.2) is 4.99 Å². The summed E-state index contributed by atoms with van der Waals surface area (Å²) < 4.78 is 5.29. The molecule has 0 amide bonds. The summed E-state index contributed by atoms with van der Waals surface area (Å²) in [7, 11) is 3.82. The van der Waals surface area contributed by atoms with Crippen molar-refractivity contribution < 1.29 is 4.74 Å². The second kappa shape index (κ2) is 8.26. The smallest absolute Gasteiger partial charge is 0.123 e. The monoisotopic (exact) mass is 359 g/mol. The van der Waals surface area contributed by atoms with Crippen LogP contribution >= 0.6 is 11.8 Å². The molecule has 3 atom stereocenters. The van der Waals surface area contributed by atoms with Crippen LogP contribution in [0.5, 0.6) is 5.75 Å². The van der Waals surface area contributed by atoms with Crippen molar-refractivity contribution in [3.63, 3.8) is 0 Å². The summed E-state index contributed by atoms with van der Waals surface area (Å²) in [6.07, 6.45) is 5.30. The van der Waals surface area contributed by atoms with Gasteiger partial charge in [0.25, 0.3) is 0 Å². The van der Waals surface area contributed by atoms with Gasteiger partial charge < -0.3 is 9.64 Å². The summed E-state index contributed by atoms with van der Waals surface area (Å²) in [5.74, 6) is 4.83. The average Bonchev–Trinajstić information content (AvgIpc) is 2.70. The first-order valence-electron chi connectivity index (χ1n) is 9.19. The molecule has 1 heterocycles. The van der Waals surface area contributed by atoms with Crippen LogP contribution in [0.4, 0.5) is 5.69 Å². The molecule has 3 rings (SSSR count). The molecule has 0 N–H and O–H groups in total. The lowest BCUT2D eigenvalue weighted by molar-refractivity contribution is 0.322. The van der Waals surface area contributed by atoms with Gasteiger partial charge in [-0.1, -0.05) is 19.8 Å².